The molecule has 0 saturated carbocycles. The average molecular weight is 168 g/mol. The van der Waals surface area contributed by atoms with E-state index in [-0.39, 0.29) is 17.1 Å². The van der Waals surface area contributed by atoms with E-state index in [9.17, 15) is 0 Å². The van der Waals surface area contributed by atoms with Crippen molar-refractivity contribution in [2.45, 2.75) is 13.8 Å². The quantitative estimate of drug-likeness (QED) is 0.414. The summed E-state index contributed by atoms with van der Waals surface area (Å²) in [5.41, 5.74) is 2.01. The molecule has 3 heteroatoms. The van der Waals surface area contributed by atoms with E-state index in [0.29, 0.717) is 0 Å². The summed E-state index contributed by atoms with van der Waals surface area (Å²) in [6, 6.07) is 0. The summed E-state index contributed by atoms with van der Waals surface area (Å²) in [7, 11) is 3.54. The first-order chi connectivity index (χ1) is 3.72. The minimum Gasteiger partial charge on any atom is -0.292 e. The Bertz CT molecular complexity index is 111. The molecular weight excluding hydrogens is 156 g/mol. The van der Waals surface area contributed by atoms with Crippen LogP contribution >= 0.6 is 0 Å². The second-order valence-corrected chi connectivity index (χ2v) is 1.62. The molecule has 54 valence electrons. The van der Waals surface area contributed by atoms with E-state index in [4.69, 9.17) is 0 Å². The van der Waals surface area contributed by atoms with Gasteiger partial charge in [0, 0.05) is 31.2 Å². The van der Waals surface area contributed by atoms with Crippen LogP contribution in [0.5, 0.6) is 0 Å². The Morgan fingerprint density at radius 1 is 0.889 bits per heavy atom. The molecule has 0 aliphatic heterocycles. The molecule has 0 aromatic rings. The summed E-state index contributed by atoms with van der Waals surface area (Å²) in [6.07, 6.45) is 0. The predicted octanol–water partition coefficient (Wildman–Crippen LogP) is 1.17. The van der Waals surface area contributed by atoms with E-state index in [1.165, 1.54) is 0 Å². The third-order valence-electron chi connectivity index (χ3n) is 1.19. The molecule has 0 rings (SSSR count). The van der Waals surface area contributed by atoms with Gasteiger partial charge in [-0.1, -0.05) is 0 Å². The number of rotatable bonds is 1. The van der Waals surface area contributed by atoms with Crippen LogP contribution in [0.1, 0.15) is 13.8 Å². The smallest absolute Gasteiger partial charge is 0.0520 e. The molecule has 0 aliphatic carbocycles. The van der Waals surface area contributed by atoms with Crippen molar-refractivity contribution in [2.75, 3.05) is 14.1 Å². The van der Waals surface area contributed by atoms with Crippen LogP contribution in [0.25, 0.3) is 0 Å². The third-order valence-corrected chi connectivity index (χ3v) is 1.19. The fourth-order valence-corrected chi connectivity index (χ4v) is 0.324. The Labute approximate surface area is 67.0 Å². The topological polar surface area (TPSA) is 24.7 Å². The van der Waals surface area contributed by atoms with Crippen molar-refractivity contribution in [3.05, 3.63) is 0 Å². The summed E-state index contributed by atoms with van der Waals surface area (Å²) in [4.78, 5) is 7.89. The van der Waals surface area contributed by atoms with Crippen molar-refractivity contribution >= 4 is 11.4 Å². The monoisotopic (exact) mass is 168 g/mol. The standard InChI is InChI=1S/C6H12N2.Fe/c1-5(7-3)6(2)8-4;/h1-4H3;. The van der Waals surface area contributed by atoms with Crippen molar-refractivity contribution < 1.29 is 17.1 Å². The maximum absolute atomic E-state index is 3.95. The summed E-state index contributed by atoms with van der Waals surface area (Å²) in [5, 5.41) is 0. The zero-order valence-electron chi connectivity index (χ0n) is 6.25. The SMILES string of the molecule is CN=C(C)C(C)=NC.[Fe]. The minimum atomic E-state index is 0. The first-order valence-corrected chi connectivity index (χ1v) is 2.59. The van der Waals surface area contributed by atoms with Gasteiger partial charge < -0.3 is 0 Å². The van der Waals surface area contributed by atoms with Gasteiger partial charge in [-0.25, -0.2) is 0 Å². The number of hydrogen-bond acceptors (Lipinski definition) is 2. The van der Waals surface area contributed by atoms with Crippen molar-refractivity contribution in [2.24, 2.45) is 9.98 Å². The van der Waals surface area contributed by atoms with Gasteiger partial charge in [0.05, 0.1) is 11.4 Å². The molecule has 0 N–H and O–H groups in total. The van der Waals surface area contributed by atoms with Gasteiger partial charge in [-0.15, -0.1) is 0 Å². The summed E-state index contributed by atoms with van der Waals surface area (Å²) >= 11 is 0. The predicted molar refractivity (Wildman–Crippen MR) is 38.1 cm³/mol. The molecule has 0 saturated heterocycles. The summed E-state index contributed by atoms with van der Waals surface area (Å²) in [6.45, 7) is 3.89. The van der Waals surface area contributed by atoms with Crippen LogP contribution in [0.3, 0.4) is 0 Å². The molecule has 0 aliphatic rings. The molecular formula is C6H12FeN2. The van der Waals surface area contributed by atoms with Crippen LogP contribution in [0, 0.1) is 0 Å². The normalized spacial score (nSPS) is 12.9. The summed E-state index contributed by atoms with van der Waals surface area (Å²) in [5.74, 6) is 0. The molecule has 0 aromatic heterocycles. The van der Waals surface area contributed by atoms with Gasteiger partial charge in [0.15, 0.2) is 0 Å². The molecule has 0 spiro atoms. The molecule has 0 radical (unpaired) electrons. The number of aliphatic imine (C=N–C) groups is 2. The zero-order chi connectivity index (χ0) is 6.57. The van der Waals surface area contributed by atoms with Crippen LogP contribution in [0.15, 0.2) is 9.98 Å². The van der Waals surface area contributed by atoms with Gasteiger partial charge >= 0.3 is 0 Å². The second-order valence-electron chi connectivity index (χ2n) is 1.62. The second kappa shape index (κ2) is 5.99. The van der Waals surface area contributed by atoms with E-state index in [0.717, 1.165) is 11.4 Å². The zero-order valence-corrected chi connectivity index (χ0v) is 7.35. The Balaban J connectivity index is 0. The number of hydrogen-bond donors (Lipinski definition) is 0. The van der Waals surface area contributed by atoms with Crippen molar-refractivity contribution in [3.63, 3.8) is 0 Å². The molecule has 0 aromatic carbocycles. The maximum atomic E-state index is 3.95. The van der Waals surface area contributed by atoms with Gasteiger partial charge in [0.2, 0.25) is 0 Å². The van der Waals surface area contributed by atoms with Gasteiger partial charge in [-0.05, 0) is 13.8 Å². The van der Waals surface area contributed by atoms with Crippen LogP contribution in [-0.4, -0.2) is 25.5 Å². The van der Waals surface area contributed by atoms with Gasteiger partial charge in [-0.2, -0.15) is 0 Å². The minimum absolute atomic E-state index is 0. The van der Waals surface area contributed by atoms with Crippen molar-refractivity contribution in [1.82, 2.24) is 0 Å². The van der Waals surface area contributed by atoms with Gasteiger partial charge in [-0.3, -0.25) is 9.98 Å². The van der Waals surface area contributed by atoms with Crippen LogP contribution in [0.2, 0.25) is 0 Å². The van der Waals surface area contributed by atoms with E-state index in [2.05, 4.69) is 9.98 Å². The first kappa shape index (κ1) is 11.6. The Hall–Kier alpha value is -0.141. The van der Waals surface area contributed by atoms with E-state index < -0.39 is 0 Å². The molecule has 0 heterocycles. The fourth-order valence-electron chi connectivity index (χ4n) is 0.324. The molecule has 9 heavy (non-hydrogen) atoms. The Morgan fingerprint density at radius 2 is 1.11 bits per heavy atom. The van der Waals surface area contributed by atoms with E-state index in [1.54, 1.807) is 14.1 Å². The van der Waals surface area contributed by atoms with E-state index in [1.807, 2.05) is 13.8 Å². The molecule has 0 amide bonds. The maximum Gasteiger partial charge on any atom is 0.0520 e. The first-order valence-electron chi connectivity index (χ1n) is 2.59. The van der Waals surface area contributed by atoms with Crippen LogP contribution in [0.4, 0.5) is 0 Å². The summed E-state index contributed by atoms with van der Waals surface area (Å²) < 4.78 is 0. The fraction of sp³-hybridized carbons (Fsp3) is 0.667. The molecule has 0 atom stereocenters. The van der Waals surface area contributed by atoms with Crippen molar-refractivity contribution in [1.29, 1.82) is 0 Å². The van der Waals surface area contributed by atoms with Crippen LogP contribution < -0.4 is 0 Å². The van der Waals surface area contributed by atoms with Crippen molar-refractivity contribution in [3.8, 4) is 0 Å². The molecule has 0 fully saturated rings. The van der Waals surface area contributed by atoms with E-state index >= 15 is 0 Å². The average Bonchev–Trinajstić information content (AvgIpc) is 1.84. The molecule has 0 bridgehead atoms. The van der Waals surface area contributed by atoms with Gasteiger partial charge in [0.25, 0.3) is 0 Å². The molecule has 2 nitrogen and oxygen atoms in total. The Morgan fingerprint density at radius 3 is 1.22 bits per heavy atom. The Kier molecular flexibility index (Phi) is 7.74. The number of nitrogens with zero attached hydrogens (tertiary/aromatic N) is 2. The van der Waals surface area contributed by atoms with Gasteiger partial charge in [0.1, 0.15) is 0 Å². The largest absolute Gasteiger partial charge is 0.292 e. The third kappa shape index (κ3) is 4.37. The molecule has 0 unspecified atom stereocenters. The van der Waals surface area contributed by atoms with Crippen LogP contribution in [-0.2, 0) is 17.1 Å².